The van der Waals surface area contributed by atoms with Crippen LogP contribution in [0.4, 0.5) is 0 Å². The van der Waals surface area contributed by atoms with Crippen LogP contribution in [0.2, 0.25) is 0 Å². The second-order valence-electron chi connectivity index (χ2n) is 8.33. The molecule has 1 N–H and O–H groups in total. The maximum atomic E-state index is 6.22. The molecule has 154 valence electrons. The molecule has 0 amide bonds. The van der Waals surface area contributed by atoms with E-state index in [2.05, 4.69) is 58.9 Å². The number of hydrogen-bond donors (Lipinski definition) is 1. The van der Waals surface area contributed by atoms with E-state index in [0.717, 1.165) is 44.4 Å². The van der Waals surface area contributed by atoms with Crippen molar-refractivity contribution < 1.29 is 4.74 Å². The van der Waals surface area contributed by atoms with E-state index >= 15 is 0 Å². The Morgan fingerprint density at radius 1 is 1.25 bits per heavy atom. The summed E-state index contributed by atoms with van der Waals surface area (Å²) in [6.07, 6.45) is 7.85. The van der Waals surface area contributed by atoms with Gasteiger partial charge in [0.25, 0.3) is 0 Å². The minimum absolute atomic E-state index is 0. The van der Waals surface area contributed by atoms with Crippen LogP contribution < -0.4 is 10.1 Å². The molecule has 28 heavy (non-hydrogen) atoms. The molecule has 1 aliphatic heterocycles. The van der Waals surface area contributed by atoms with Gasteiger partial charge in [-0.3, -0.25) is 4.90 Å². The summed E-state index contributed by atoms with van der Waals surface area (Å²) in [7, 11) is 2.08. The third-order valence-electron chi connectivity index (χ3n) is 6.49. The summed E-state index contributed by atoms with van der Waals surface area (Å²) < 4.78 is 8.36. The zero-order valence-electron chi connectivity index (χ0n) is 17.3. The third kappa shape index (κ3) is 4.37. The standard InChI is InChI=1S/C22H32N4O.ClH/c1-17-5-4-6-18(2)21(17)27-14-13-26(16-20-24-11-12-25(20)3)19-15-22(19)7-9-23-10-8-22;/h4-6,11-12,19,23H,7-10,13-16H2,1-3H3;1H. The molecule has 1 aromatic carbocycles. The molecule has 1 saturated carbocycles. The highest BCUT2D eigenvalue weighted by atomic mass is 35.5. The topological polar surface area (TPSA) is 42.3 Å². The van der Waals surface area contributed by atoms with E-state index in [-0.39, 0.29) is 12.4 Å². The number of piperidine rings is 1. The van der Waals surface area contributed by atoms with Gasteiger partial charge in [0.15, 0.2) is 0 Å². The average Bonchev–Trinajstić information content (AvgIpc) is 3.18. The maximum absolute atomic E-state index is 6.22. The number of rotatable bonds is 7. The minimum Gasteiger partial charge on any atom is -0.492 e. The van der Waals surface area contributed by atoms with Gasteiger partial charge in [0.1, 0.15) is 18.2 Å². The molecule has 5 nitrogen and oxygen atoms in total. The number of nitrogens with one attached hydrogen (secondary N) is 1. The molecular formula is C22H33ClN4O. The zero-order chi connectivity index (χ0) is 18.9. The van der Waals surface area contributed by atoms with E-state index < -0.39 is 0 Å². The Morgan fingerprint density at radius 3 is 2.61 bits per heavy atom. The molecule has 1 saturated heterocycles. The molecule has 1 aromatic heterocycles. The predicted octanol–water partition coefficient (Wildman–Crippen LogP) is 3.48. The SMILES string of the molecule is Cc1cccc(C)c1OCCN(Cc1nccn1C)C1CC12CCNCC2.Cl. The number of ether oxygens (including phenoxy) is 1. The van der Waals surface area contributed by atoms with Crippen LogP contribution in [0.15, 0.2) is 30.6 Å². The first-order valence-corrected chi connectivity index (χ1v) is 10.2. The molecule has 4 rings (SSSR count). The molecule has 0 bridgehead atoms. The van der Waals surface area contributed by atoms with Crippen molar-refractivity contribution in [2.75, 3.05) is 26.2 Å². The summed E-state index contributed by atoms with van der Waals surface area (Å²) in [6.45, 7) is 9.13. The number of aryl methyl sites for hydroxylation is 3. The number of benzene rings is 1. The molecule has 2 fully saturated rings. The number of halogens is 1. The highest BCUT2D eigenvalue weighted by Crippen LogP contribution is 2.55. The van der Waals surface area contributed by atoms with E-state index in [9.17, 15) is 0 Å². The molecule has 1 unspecified atom stereocenters. The highest BCUT2D eigenvalue weighted by molar-refractivity contribution is 5.85. The second-order valence-corrected chi connectivity index (χ2v) is 8.33. The lowest BCUT2D eigenvalue weighted by molar-refractivity contribution is 0.157. The molecule has 2 heterocycles. The van der Waals surface area contributed by atoms with Crippen molar-refractivity contribution in [3.63, 3.8) is 0 Å². The van der Waals surface area contributed by atoms with E-state index in [0.29, 0.717) is 11.5 Å². The number of hydrogen-bond acceptors (Lipinski definition) is 4. The van der Waals surface area contributed by atoms with Gasteiger partial charge in [0.05, 0.1) is 6.54 Å². The molecule has 1 atom stereocenters. The van der Waals surface area contributed by atoms with Crippen molar-refractivity contribution in [2.45, 2.75) is 45.7 Å². The first-order chi connectivity index (χ1) is 13.1. The van der Waals surface area contributed by atoms with Crippen LogP contribution in [-0.4, -0.2) is 46.7 Å². The number of nitrogens with zero attached hydrogens (tertiary/aromatic N) is 3. The number of imidazole rings is 1. The van der Waals surface area contributed by atoms with Gasteiger partial charge < -0.3 is 14.6 Å². The van der Waals surface area contributed by atoms with Gasteiger partial charge in [-0.25, -0.2) is 4.98 Å². The minimum atomic E-state index is 0. The Hall–Kier alpha value is -1.56. The third-order valence-corrected chi connectivity index (χ3v) is 6.49. The van der Waals surface area contributed by atoms with Gasteiger partial charge in [-0.1, -0.05) is 18.2 Å². The molecule has 1 aliphatic carbocycles. The van der Waals surface area contributed by atoms with Crippen LogP contribution >= 0.6 is 12.4 Å². The van der Waals surface area contributed by atoms with Gasteiger partial charge in [-0.05, 0) is 62.7 Å². The van der Waals surface area contributed by atoms with E-state index in [1.165, 1.54) is 30.4 Å². The van der Waals surface area contributed by atoms with Gasteiger partial charge in [-0.2, -0.15) is 0 Å². The lowest BCUT2D eigenvalue weighted by Crippen LogP contribution is -2.38. The quantitative estimate of drug-likeness (QED) is 0.767. The highest BCUT2D eigenvalue weighted by Gasteiger charge is 2.56. The Kier molecular flexibility index (Phi) is 6.69. The first-order valence-electron chi connectivity index (χ1n) is 10.2. The Morgan fingerprint density at radius 2 is 1.96 bits per heavy atom. The van der Waals surface area contributed by atoms with Gasteiger partial charge >= 0.3 is 0 Å². The monoisotopic (exact) mass is 404 g/mol. The lowest BCUT2D eigenvalue weighted by Gasteiger charge is -2.29. The normalized spacial score (nSPS) is 20.2. The van der Waals surface area contributed by atoms with Gasteiger partial charge in [-0.15, -0.1) is 12.4 Å². The van der Waals surface area contributed by atoms with E-state index in [4.69, 9.17) is 4.74 Å². The van der Waals surface area contributed by atoms with E-state index in [1.54, 1.807) is 0 Å². The molecule has 2 aromatic rings. The van der Waals surface area contributed by atoms with E-state index in [1.807, 2.05) is 12.4 Å². The fourth-order valence-electron chi connectivity index (χ4n) is 4.67. The molecule has 6 heteroatoms. The summed E-state index contributed by atoms with van der Waals surface area (Å²) in [5, 5.41) is 3.51. The van der Waals surface area contributed by atoms with Crippen molar-refractivity contribution in [3.05, 3.63) is 47.5 Å². The maximum Gasteiger partial charge on any atom is 0.125 e. The number of para-hydroxylation sites is 1. The Bertz CT molecular complexity index is 764. The van der Waals surface area contributed by atoms with Crippen LogP contribution in [0.25, 0.3) is 0 Å². The van der Waals surface area contributed by atoms with Crippen molar-refractivity contribution in [1.29, 1.82) is 0 Å². The molecule has 0 radical (unpaired) electrons. The second kappa shape index (κ2) is 8.85. The summed E-state index contributed by atoms with van der Waals surface area (Å²) in [5.74, 6) is 2.18. The fourth-order valence-corrected chi connectivity index (χ4v) is 4.67. The van der Waals surface area contributed by atoms with Crippen LogP contribution in [0, 0.1) is 19.3 Å². The summed E-state index contributed by atoms with van der Waals surface area (Å²) in [5.41, 5.74) is 2.95. The summed E-state index contributed by atoms with van der Waals surface area (Å²) >= 11 is 0. The first kappa shape index (κ1) is 21.2. The lowest BCUT2D eigenvalue weighted by atomic mass is 9.93. The fraction of sp³-hybridized carbons (Fsp3) is 0.591. The van der Waals surface area contributed by atoms with Crippen molar-refractivity contribution >= 4 is 12.4 Å². The summed E-state index contributed by atoms with van der Waals surface area (Å²) in [6, 6.07) is 7.01. The Balaban J connectivity index is 0.00000225. The number of aromatic nitrogens is 2. The predicted molar refractivity (Wildman–Crippen MR) is 115 cm³/mol. The van der Waals surface area contributed by atoms with Crippen molar-refractivity contribution in [2.24, 2.45) is 12.5 Å². The van der Waals surface area contributed by atoms with Crippen LogP contribution in [0.1, 0.15) is 36.2 Å². The Labute approximate surface area is 174 Å². The molecule has 1 spiro atoms. The molecular weight excluding hydrogens is 372 g/mol. The largest absolute Gasteiger partial charge is 0.492 e. The van der Waals surface area contributed by atoms with Gasteiger partial charge in [0, 0.05) is 32.0 Å². The van der Waals surface area contributed by atoms with Crippen LogP contribution in [0.3, 0.4) is 0 Å². The van der Waals surface area contributed by atoms with Crippen molar-refractivity contribution in [1.82, 2.24) is 19.8 Å². The average molecular weight is 405 g/mol. The smallest absolute Gasteiger partial charge is 0.125 e. The van der Waals surface area contributed by atoms with Crippen LogP contribution in [0.5, 0.6) is 5.75 Å². The van der Waals surface area contributed by atoms with Crippen LogP contribution in [-0.2, 0) is 13.6 Å². The molecule has 2 aliphatic rings. The van der Waals surface area contributed by atoms with Crippen molar-refractivity contribution in [3.8, 4) is 5.75 Å². The summed E-state index contributed by atoms with van der Waals surface area (Å²) in [4.78, 5) is 7.17. The van der Waals surface area contributed by atoms with Gasteiger partial charge in [0.2, 0.25) is 0 Å². The zero-order valence-corrected chi connectivity index (χ0v) is 18.1.